The van der Waals surface area contributed by atoms with Crippen molar-refractivity contribution in [2.24, 2.45) is 0 Å². The van der Waals surface area contributed by atoms with Gasteiger partial charge < -0.3 is 18.9 Å². The Hall–Kier alpha value is -4.71. The largest absolute Gasteiger partial charge is 0.493 e. The Morgan fingerprint density at radius 3 is 2.24 bits per heavy atom. The molecule has 2 aromatic carbocycles. The molecule has 11 nitrogen and oxygen atoms in total. The summed E-state index contributed by atoms with van der Waals surface area (Å²) in [5.74, 6) is 0.274. The van der Waals surface area contributed by atoms with Gasteiger partial charge in [0, 0.05) is 6.20 Å². The molecule has 41 heavy (non-hydrogen) atoms. The maximum atomic E-state index is 13.6. The van der Waals surface area contributed by atoms with Crippen molar-refractivity contribution in [1.82, 2.24) is 15.0 Å². The summed E-state index contributed by atoms with van der Waals surface area (Å²) in [6.07, 6.45) is 1.55. The summed E-state index contributed by atoms with van der Waals surface area (Å²) in [6.45, 7) is 6.23. The normalized spacial score (nSPS) is 11.4. The molecule has 0 aliphatic heterocycles. The molecular formula is C29H30N4O7S. The van der Waals surface area contributed by atoms with E-state index in [2.05, 4.69) is 19.7 Å². The van der Waals surface area contributed by atoms with Gasteiger partial charge in [-0.1, -0.05) is 51.1 Å². The number of sulfonamides is 1. The predicted octanol–water partition coefficient (Wildman–Crippen LogP) is 4.99. The smallest absolute Gasteiger partial charge is 0.293 e. The van der Waals surface area contributed by atoms with Crippen LogP contribution in [-0.2, 0) is 25.0 Å². The number of rotatable bonds is 12. The second kappa shape index (κ2) is 12.6. The van der Waals surface area contributed by atoms with Crippen molar-refractivity contribution in [1.29, 1.82) is 0 Å². The first-order valence-corrected chi connectivity index (χ1v) is 14.1. The molecule has 0 radical (unpaired) electrons. The highest BCUT2D eigenvalue weighted by Gasteiger charge is 2.26. The van der Waals surface area contributed by atoms with Crippen LogP contribution < -0.4 is 18.9 Å². The third-order valence-electron chi connectivity index (χ3n) is 5.78. The first kappa shape index (κ1) is 29.3. The van der Waals surface area contributed by atoms with Crippen LogP contribution in [0.3, 0.4) is 0 Å². The highest BCUT2D eigenvalue weighted by Crippen LogP contribution is 2.41. The summed E-state index contributed by atoms with van der Waals surface area (Å²) in [5, 5.41) is 0. The fourth-order valence-corrected chi connectivity index (χ4v) is 4.67. The van der Waals surface area contributed by atoms with Crippen LogP contribution in [0.5, 0.6) is 23.1 Å². The second-order valence-corrected chi connectivity index (χ2v) is 11.4. The zero-order valence-corrected chi connectivity index (χ0v) is 23.8. The van der Waals surface area contributed by atoms with Crippen LogP contribution in [0.2, 0.25) is 0 Å². The molecule has 0 aliphatic rings. The minimum atomic E-state index is -4.15. The van der Waals surface area contributed by atoms with E-state index in [0.29, 0.717) is 17.9 Å². The first-order valence-electron chi connectivity index (χ1n) is 12.6. The van der Waals surface area contributed by atoms with Crippen LogP contribution in [0.25, 0.3) is 11.5 Å². The van der Waals surface area contributed by atoms with Crippen LogP contribution in [0.15, 0.2) is 77.8 Å². The quantitative estimate of drug-likeness (QED) is 0.181. The molecule has 0 fully saturated rings. The number of hydrogen-bond donors (Lipinski definition) is 1. The minimum Gasteiger partial charge on any atom is -0.493 e. The van der Waals surface area contributed by atoms with E-state index in [1.807, 2.05) is 20.8 Å². The van der Waals surface area contributed by atoms with E-state index in [1.165, 1.54) is 19.2 Å². The van der Waals surface area contributed by atoms with E-state index in [1.54, 1.807) is 60.8 Å². The Morgan fingerprint density at radius 1 is 0.902 bits per heavy atom. The van der Waals surface area contributed by atoms with Crippen molar-refractivity contribution in [3.8, 4) is 34.6 Å². The van der Waals surface area contributed by atoms with E-state index in [9.17, 15) is 13.2 Å². The van der Waals surface area contributed by atoms with Gasteiger partial charge in [0.05, 0.1) is 12.0 Å². The first-order chi connectivity index (χ1) is 19.6. The molecule has 0 atom stereocenters. The van der Waals surface area contributed by atoms with E-state index in [0.717, 1.165) is 5.56 Å². The molecule has 0 spiro atoms. The van der Waals surface area contributed by atoms with Gasteiger partial charge in [-0.3, -0.25) is 14.5 Å². The summed E-state index contributed by atoms with van der Waals surface area (Å²) in [5.41, 5.74) is 1.18. The topological polar surface area (TPSA) is 139 Å². The number of hydrogen-bond acceptors (Lipinski definition) is 10. The van der Waals surface area contributed by atoms with Gasteiger partial charge in [0.25, 0.3) is 22.4 Å². The Morgan fingerprint density at radius 2 is 1.61 bits per heavy atom. The lowest BCUT2D eigenvalue weighted by Crippen LogP contribution is -2.17. The predicted molar refractivity (Wildman–Crippen MR) is 152 cm³/mol. The maximum Gasteiger partial charge on any atom is 0.293 e. The highest BCUT2D eigenvalue weighted by molar-refractivity contribution is 7.92. The average molecular weight is 579 g/mol. The van der Waals surface area contributed by atoms with Crippen LogP contribution >= 0.6 is 0 Å². The zero-order valence-electron chi connectivity index (χ0n) is 23.0. The van der Waals surface area contributed by atoms with Crippen molar-refractivity contribution in [2.45, 2.75) is 31.1 Å². The molecule has 0 bridgehead atoms. The number of pyridine rings is 1. The standard InChI is InChI=1S/C29H30N4O7S/c1-29(2,3)20-12-14-21(15-13-20)41(35,36)33-27-25(40-24-11-6-5-10-23(24)37-4)28(39-18-17-38-19-34)32-26(31-27)22-9-7-8-16-30-22/h5-16,19H,17-18H2,1-4H3,(H,31,32,33). The molecule has 4 rings (SSSR count). The highest BCUT2D eigenvalue weighted by atomic mass is 32.2. The SMILES string of the molecule is COc1ccccc1Oc1c(NS(=O)(=O)c2ccc(C(C)(C)C)cc2)nc(-c2ccccn2)nc1OCCOC=O. The van der Waals surface area contributed by atoms with Gasteiger partial charge in [-0.05, 0) is 47.4 Å². The number of benzene rings is 2. The second-order valence-electron chi connectivity index (χ2n) is 9.69. The van der Waals surface area contributed by atoms with Gasteiger partial charge in [0.1, 0.15) is 18.9 Å². The van der Waals surface area contributed by atoms with E-state index < -0.39 is 10.0 Å². The number of carbonyl (C=O) groups excluding carboxylic acids is 1. The number of nitrogens with one attached hydrogen (secondary N) is 1. The fraction of sp³-hybridized carbons (Fsp3) is 0.241. The number of anilines is 1. The number of para-hydroxylation sites is 2. The van der Waals surface area contributed by atoms with Gasteiger partial charge in [-0.2, -0.15) is 4.98 Å². The number of carbonyl (C=O) groups is 1. The van der Waals surface area contributed by atoms with Gasteiger partial charge in [-0.15, -0.1) is 0 Å². The fourth-order valence-electron chi connectivity index (χ4n) is 3.67. The molecule has 12 heteroatoms. The molecule has 0 saturated carbocycles. The molecule has 0 aliphatic carbocycles. The molecule has 1 N–H and O–H groups in total. The van der Waals surface area contributed by atoms with Crippen molar-refractivity contribution in [2.75, 3.05) is 25.0 Å². The summed E-state index contributed by atoms with van der Waals surface area (Å²) < 4.78 is 51.7. The third kappa shape index (κ3) is 7.28. The van der Waals surface area contributed by atoms with Crippen LogP contribution in [-0.4, -0.2) is 50.2 Å². The lowest BCUT2D eigenvalue weighted by Gasteiger charge is -2.20. The molecule has 0 amide bonds. The molecular weight excluding hydrogens is 548 g/mol. The number of methoxy groups -OCH3 is 1. The molecule has 2 aromatic heterocycles. The van der Waals surface area contributed by atoms with Crippen LogP contribution in [0.1, 0.15) is 26.3 Å². The van der Waals surface area contributed by atoms with Gasteiger partial charge in [0.2, 0.25) is 5.75 Å². The molecule has 4 aromatic rings. The number of ether oxygens (including phenoxy) is 4. The van der Waals surface area contributed by atoms with Crippen LogP contribution in [0.4, 0.5) is 5.82 Å². The monoisotopic (exact) mass is 578 g/mol. The molecule has 0 unspecified atom stereocenters. The van der Waals surface area contributed by atoms with E-state index in [4.69, 9.17) is 18.9 Å². The summed E-state index contributed by atoms with van der Waals surface area (Å²) in [7, 11) is -2.68. The maximum absolute atomic E-state index is 13.6. The van der Waals surface area contributed by atoms with Gasteiger partial charge in [-0.25, -0.2) is 13.4 Å². The molecule has 0 saturated heterocycles. The molecule has 2 heterocycles. The van der Waals surface area contributed by atoms with Crippen molar-refractivity contribution < 1.29 is 32.2 Å². The summed E-state index contributed by atoms with van der Waals surface area (Å²) >= 11 is 0. The average Bonchev–Trinajstić information content (AvgIpc) is 2.96. The molecule has 214 valence electrons. The van der Waals surface area contributed by atoms with E-state index in [-0.39, 0.29) is 52.5 Å². The van der Waals surface area contributed by atoms with Gasteiger partial charge in [0.15, 0.2) is 23.1 Å². The van der Waals surface area contributed by atoms with Crippen molar-refractivity contribution in [3.63, 3.8) is 0 Å². The Kier molecular flexibility index (Phi) is 9.03. The van der Waals surface area contributed by atoms with E-state index >= 15 is 0 Å². The Labute approximate surface area is 238 Å². The summed E-state index contributed by atoms with van der Waals surface area (Å²) in [4.78, 5) is 23.9. The van der Waals surface area contributed by atoms with Crippen LogP contribution in [0, 0.1) is 0 Å². The van der Waals surface area contributed by atoms with Gasteiger partial charge >= 0.3 is 0 Å². The third-order valence-corrected chi connectivity index (χ3v) is 7.13. The summed E-state index contributed by atoms with van der Waals surface area (Å²) in [6, 6.07) is 18.5. The zero-order chi connectivity index (χ0) is 29.5. The Bertz CT molecular complexity index is 1590. The number of nitrogens with zero attached hydrogens (tertiary/aromatic N) is 3. The number of aromatic nitrogens is 3. The minimum absolute atomic E-state index is 0.0218. The Balaban J connectivity index is 1.84. The lowest BCUT2D eigenvalue weighted by atomic mass is 9.87. The van der Waals surface area contributed by atoms with Crippen molar-refractivity contribution in [3.05, 3.63) is 78.5 Å². The lowest BCUT2D eigenvalue weighted by molar-refractivity contribution is -0.129. The van der Waals surface area contributed by atoms with Crippen molar-refractivity contribution >= 4 is 22.3 Å².